The molecule has 0 aliphatic heterocycles. The summed E-state index contributed by atoms with van der Waals surface area (Å²) in [6.07, 6.45) is 1.66. The highest BCUT2D eigenvalue weighted by Gasteiger charge is 2.55. The molecule has 3 atom stereocenters. The third-order valence-electron chi connectivity index (χ3n) is 3.75. The molecule has 0 bridgehead atoms. The quantitative estimate of drug-likeness (QED) is 0.537. The van der Waals surface area contributed by atoms with Gasteiger partial charge in [0.25, 0.3) is 0 Å². The molecule has 70 valence electrons. The number of hydrogen-bond donors (Lipinski definition) is 0. The number of allylic oxidation sites excluding steroid dienone is 4. The summed E-state index contributed by atoms with van der Waals surface area (Å²) < 4.78 is 26.9. The lowest BCUT2D eigenvalue weighted by molar-refractivity contribution is 0.490. The molecular weight excluding hydrogens is 170 g/mol. The minimum atomic E-state index is -0.0453. The molecule has 3 rings (SSSR count). The van der Waals surface area contributed by atoms with Crippen molar-refractivity contribution in [2.45, 2.75) is 26.2 Å². The van der Waals surface area contributed by atoms with Crippen molar-refractivity contribution < 1.29 is 8.78 Å². The van der Waals surface area contributed by atoms with Crippen LogP contribution in [0.25, 0.3) is 0 Å². The van der Waals surface area contributed by atoms with E-state index in [1.165, 1.54) is 0 Å². The van der Waals surface area contributed by atoms with Crippen molar-refractivity contribution in [2.75, 3.05) is 0 Å². The van der Waals surface area contributed by atoms with Gasteiger partial charge in [0.05, 0.1) is 0 Å². The van der Waals surface area contributed by atoms with E-state index in [-0.39, 0.29) is 24.0 Å². The molecule has 0 aromatic heterocycles. The van der Waals surface area contributed by atoms with Crippen LogP contribution in [0.3, 0.4) is 0 Å². The maximum absolute atomic E-state index is 13.4. The smallest absolute Gasteiger partial charge is 0.104 e. The highest BCUT2D eigenvalue weighted by atomic mass is 19.1. The van der Waals surface area contributed by atoms with Crippen LogP contribution in [-0.4, -0.2) is 0 Å². The fraction of sp³-hybridized carbons (Fsp3) is 0.636. The third kappa shape index (κ3) is 0.839. The van der Waals surface area contributed by atoms with Gasteiger partial charge < -0.3 is 0 Å². The van der Waals surface area contributed by atoms with Crippen LogP contribution in [0.4, 0.5) is 8.78 Å². The molecule has 0 nitrogen and oxygen atoms in total. The molecule has 2 saturated carbocycles. The molecule has 0 heterocycles. The van der Waals surface area contributed by atoms with Crippen molar-refractivity contribution in [3.63, 3.8) is 0 Å². The van der Waals surface area contributed by atoms with Gasteiger partial charge in [-0.15, -0.1) is 0 Å². The summed E-state index contributed by atoms with van der Waals surface area (Å²) in [6.45, 7) is 2.03. The van der Waals surface area contributed by atoms with Crippen LogP contribution >= 0.6 is 0 Å². The highest BCUT2D eigenvalue weighted by Crippen LogP contribution is 2.64. The van der Waals surface area contributed by atoms with Crippen LogP contribution < -0.4 is 0 Å². The molecule has 0 spiro atoms. The Balaban J connectivity index is 2.16. The normalized spacial score (nSPS) is 42.2. The molecular formula is C11H12F2. The van der Waals surface area contributed by atoms with Crippen molar-refractivity contribution in [3.05, 3.63) is 22.8 Å². The van der Waals surface area contributed by atoms with Crippen molar-refractivity contribution >= 4 is 0 Å². The zero-order chi connectivity index (χ0) is 9.16. The molecule has 0 radical (unpaired) electrons. The summed E-state index contributed by atoms with van der Waals surface area (Å²) in [5, 5.41) is 0. The van der Waals surface area contributed by atoms with Gasteiger partial charge in [0.2, 0.25) is 0 Å². The van der Waals surface area contributed by atoms with Gasteiger partial charge in [-0.05, 0) is 35.3 Å². The first-order valence-electron chi connectivity index (χ1n) is 4.97. The molecule has 3 aliphatic rings. The van der Waals surface area contributed by atoms with Crippen LogP contribution in [0.5, 0.6) is 0 Å². The predicted molar refractivity (Wildman–Crippen MR) is 46.3 cm³/mol. The lowest BCUT2D eigenvalue weighted by Gasteiger charge is -2.18. The van der Waals surface area contributed by atoms with E-state index in [0.29, 0.717) is 18.3 Å². The Bertz CT molecular complexity index is 320. The van der Waals surface area contributed by atoms with E-state index in [1.807, 2.05) is 6.92 Å². The maximum Gasteiger partial charge on any atom is 0.104 e. The van der Waals surface area contributed by atoms with E-state index in [1.54, 1.807) is 0 Å². The molecule has 0 saturated heterocycles. The molecule has 2 heteroatoms. The van der Waals surface area contributed by atoms with Crippen molar-refractivity contribution in [3.8, 4) is 0 Å². The average Bonchev–Trinajstić information content (AvgIpc) is 2.82. The Hall–Kier alpha value is -0.660. The highest BCUT2D eigenvalue weighted by molar-refractivity contribution is 5.50. The van der Waals surface area contributed by atoms with Gasteiger partial charge in [-0.2, -0.15) is 0 Å². The number of hydrogen-bond acceptors (Lipinski definition) is 0. The lowest BCUT2D eigenvalue weighted by Crippen LogP contribution is -2.05. The van der Waals surface area contributed by atoms with Crippen molar-refractivity contribution in [1.29, 1.82) is 0 Å². The largest absolute Gasteiger partial charge is 0.211 e. The molecule has 2 fully saturated rings. The van der Waals surface area contributed by atoms with Crippen LogP contribution in [-0.2, 0) is 0 Å². The van der Waals surface area contributed by atoms with Crippen LogP contribution in [0.1, 0.15) is 26.2 Å². The zero-order valence-electron chi connectivity index (χ0n) is 7.61. The summed E-state index contributed by atoms with van der Waals surface area (Å²) in [4.78, 5) is 0. The minimum absolute atomic E-state index is 0.0340. The van der Waals surface area contributed by atoms with E-state index < -0.39 is 0 Å². The Kier molecular flexibility index (Phi) is 1.32. The van der Waals surface area contributed by atoms with E-state index in [0.717, 1.165) is 17.6 Å². The van der Waals surface area contributed by atoms with Crippen molar-refractivity contribution in [1.82, 2.24) is 0 Å². The number of halogens is 2. The molecule has 0 N–H and O–H groups in total. The van der Waals surface area contributed by atoms with Gasteiger partial charge in [-0.3, -0.25) is 0 Å². The number of rotatable bonds is 0. The molecule has 0 aromatic carbocycles. The Morgan fingerprint density at radius 2 is 1.69 bits per heavy atom. The van der Waals surface area contributed by atoms with Gasteiger partial charge in [0.15, 0.2) is 0 Å². The van der Waals surface area contributed by atoms with Crippen LogP contribution in [0.15, 0.2) is 22.8 Å². The lowest BCUT2D eigenvalue weighted by atomic mass is 9.89. The van der Waals surface area contributed by atoms with E-state index in [2.05, 4.69) is 0 Å². The molecule has 13 heavy (non-hydrogen) atoms. The Morgan fingerprint density at radius 1 is 1.08 bits per heavy atom. The van der Waals surface area contributed by atoms with Gasteiger partial charge in [-0.25, -0.2) is 8.78 Å². The first-order chi connectivity index (χ1) is 6.20. The Labute approximate surface area is 76.3 Å². The summed E-state index contributed by atoms with van der Waals surface area (Å²) >= 11 is 0. The summed E-state index contributed by atoms with van der Waals surface area (Å²) in [6, 6.07) is 0. The Morgan fingerprint density at radius 3 is 2.31 bits per heavy atom. The fourth-order valence-corrected chi connectivity index (χ4v) is 2.99. The van der Waals surface area contributed by atoms with Crippen molar-refractivity contribution in [2.24, 2.45) is 17.8 Å². The zero-order valence-corrected chi connectivity index (χ0v) is 7.61. The van der Waals surface area contributed by atoms with Crippen LogP contribution in [0, 0.1) is 17.8 Å². The molecule has 3 aliphatic carbocycles. The summed E-state index contributed by atoms with van der Waals surface area (Å²) in [5.41, 5.74) is 1.48. The van der Waals surface area contributed by atoms with E-state index in [4.69, 9.17) is 0 Å². The topological polar surface area (TPSA) is 0 Å². The summed E-state index contributed by atoms with van der Waals surface area (Å²) in [7, 11) is 0. The summed E-state index contributed by atoms with van der Waals surface area (Å²) in [5.74, 6) is 1.12. The number of fused-ring (bicyclic) bond motifs is 3. The first-order valence-corrected chi connectivity index (χ1v) is 4.97. The predicted octanol–water partition coefficient (Wildman–Crippen LogP) is 3.51. The van der Waals surface area contributed by atoms with E-state index in [9.17, 15) is 8.78 Å². The standard InChI is InChI=1S/C11H12F2/c1-5-6-4-7(6)11-9(13)3-2-8(12)10(5)11/h5-7H,2-4H2,1H3/t5-,6?,7+/m0/s1. The molecule has 0 amide bonds. The second-order valence-electron chi connectivity index (χ2n) is 4.43. The average molecular weight is 182 g/mol. The monoisotopic (exact) mass is 182 g/mol. The molecule has 1 unspecified atom stereocenters. The second kappa shape index (κ2) is 2.23. The fourth-order valence-electron chi connectivity index (χ4n) is 2.99. The van der Waals surface area contributed by atoms with Gasteiger partial charge in [0.1, 0.15) is 11.7 Å². The second-order valence-corrected chi connectivity index (χ2v) is 4.43. The molecule has 0 aromatic rings. The van der Waals surface area contributed by atoms with E-state index >= 15 is 0 Å². The maximum atomic E-state index is 13.4. The third-order valence-corrected chi connectivity index (χ3v) is 3.75. The van der Waals surface area contributed by atoms with Crippen LogP contribution in [0.2, 0.25) is 0 Å². The minimum Gasteiger partial charge on any atom is -0.211 e. The SMILES string of the molecule is C[C@@H]1C2=C(F)CCC(F)=C2[C@@H]2CC12. The van der Waals surface area contributed by atoms with Gasteiger partial charge >= 0.3 is 0 Å². The van der Waals surface area contributed by atoms with Gasteiger partial charge in [0, 0.05) is 12.8 Å². The first kappa shape index (κ1) is 7.72. The van der Waals surface area contributed by atoms with Gasteiger partial charge in [-0.1, -0.05) is 6.92 Å².